The average Bonchev–Trinajstić information content (AvgIpc) is 3.31. The molecule has 5 nitrogen and oxygen atoms in total. The van der Waals surface area contributed by atoms with Crippen molar-refractivity contribution in [1.29, 1.82) is 10.5 Å². The van der Waals surface area contributed by atoms with Gasteiger partial charge in [0.25, 0.3) is 0 Å². The molecule has 0 amide bonds. The first-order chi connectivity index (χ1) is 9.76. The van der Waals surface area contributed by atoms with Crippen molar-refractivity contribution in [1.82, 2.24) is 4.98 Å². The summed E-state index contributed by atoms with van der Waals surface area (Å²) in [5.41, 5.74) is 1.66. The van der Waals surface area contributed by atoms with Gasteiger partial charge in [0.15, 0.2) is 0 Å². The van der Waals surface area contributed by atoms with Gasteiger partial charge in [0.2, 0.25) is 0 Å². The molecule has 2 heterocycles. The Morgan fingerprint density at radius 3 is 2.35 bits per heavy atom. The van der Waals surface area contributed by atoms with Crippen molar-refractivity contribution in [3.63, 3.8) is 0 Å². The zero-order chi connectivity index (χ0) is 14.1. The van der Waals surface area contributed by atoms with Gasteiger partial charge in [-0.1, -0.05) is 11.6 Å². The van der Waals surface area contributed by atoms with Gasteiger partial charge in [-0.2, -0.15) is 10.5 Å². The topological polar surface area (TPSA) is 72.9 Å². The molecule has 1 aliphatic heterocycles. The van der Waals surface area contributed by atoms with Gasteiger partial charge in [-0.25, -0.2) is 4.98 Å². The summed E-state index contributed by atoms with van der Waals surface area (Å²) in [5.74, 6) is 0.876. The summed E-state index contributed by atoms with van der Waals surface area (Å²) in [4.78, 5) is 6.31. The van der Waals surface area contributed by atoms with E-state index in [1.54, 1.807) is 0 Å². The van der Waals surface area contributed by atoms with Crippen LogP contribution in [0.25, 0.3) is 0 Å². The molecule has 6 heteroatoms. The molecule has 1 aliphatic carbocycles. The molecule has 3 rings (SSSR count). The molecule has 20 heavy (non-hydrogen) atoms. The fourth-order valence-electron chi connectivity index (χ4n) is 2.56. The Morgan fingerprint density at radius 1 is 1.15 bits per heavy atom. The Morgan fingerprint density at radius 2 is 1.80 bits per heavy atom. The molecule has 0 N–H and O–H groups in total. The minimum absolute atomic E-state index is 0.204. The highest BCUT2D eigenvalue weighted by molar-refractivity contribution is 6.30. The first-order valence-corrected chi connectivity index (χ1v) is 7.00. The van der Waals surface area contributed by atoms with Gasteiger partial charge >= 0.3 is 0 Å². The summed E-state index contributed by atoms with van der Waals surface area (Å²) < 4.78 is 5.32. The van der Waals surface area contributed by atoms with Gasteiger partial charge in [0, 0.05) is 13.1 Å². The number of aromatic nitrogens is 1. The summed E-state index contributed by atoms with van der Waals surface area (Å²) in [7, 11) is 0. The molecular weight excluding hydrogens is 276 g/mol. The zero-order valence-corrected chi connectivity index (χ0v) is 11.7. The molecule has 1 aromatic rings. The predicted octanol–water partition coefficient (Wildman–Crippen LogP) is 2.19. The summed E-state index contributed by atoms with van der Waals surface area (Å²) in [5, 5.41) is 19.0. The smallest absolute Gasteiger partial charge is 0.149 e. The van der Waals surface area contributed by atoms with E-state index in [0.717, 1.165) is 18.4 Å². The van der Waals surface area contributed by atoms with Crippen LogP contribution >= 0.6 is 11.6 Å². The summed E-state index contributed by atoms with van der Waals surface area (Å²) in [6.07, 6.45) is 2.01. The van der Waals surface area contributed by atoms with Crippen LogP contribution in [0, 0.1) is 22.7 Å². The van der Waals surface area contributed by atoms with Crippen molar-refractivity contribution in [2.45, 2.75) is 18.8 Å². The Balaban J connectivity index is 2.15. The number of rotatable bonds is 2. The van der Waals surface area contributed by atoms with E-state index in [4.69, 9.17) is 16.3 Å². The standard InChI is InChI=1S/C14H13ClN4O/c15-13-10(7-16)12(9-1-2-9)11(8-17)14(18-13)19-3-5-20-6-4-19/h9H,1-6H2. The Bertz CT molecular complexity index is 622. The number of halogens is 1. The first-order valence-electron chi connectivity index (χ1n) is 6.62. The number of ether oxygens (including phenoxy) is 1. The number of nitrogens with zero attached hydrogens (tertiary/aromatic N) is 4. The van der Waals surface area contributed by atoms with Gasteiger partial charge in [0.05, 0.1) is 24.3 Å². The average molecular weight is 289 g/mol. The summed E-state index contributed by atoms with van der Waals surface area (Å²) >= 11 is 6.15. The Hall–Kier alpha value is -1.82. The van der Waals surface area contributed by atoms with Crippen LogP contribution in [0.2, 0.25) is 5.15 Å². The highest BCUT2D eigenvalue weighted by Crippen LogP contribution is 2.46. The van der Waals surface area contributed by atoms with Crippen LogP contribution in [-0.4, -0.2) is 31.3 Å². The molecule has 2 aliphatic rings. The molecule has 0 spiro atoms. The van der Waals surface area contributed by atoms with Gasteiger partial charge in [0.1, 0.15) is 23.1 Å². The third-order valence-corrected chi connectivity index (χ3v) is 3.97. The van der Waals surface area contributed by atoms with E-state index in [-0.39, 0.29) is 11.1 Å². The second-order valence-electron chi connectivity index (χ2n) is 4.99. The van der Waals surface area contributed by atoms with Crippen molar-refractivity contribution in [3.05, 3.63) is 21.8 Å². The van der Waals surface area contributed by atoms with Crippen LogP contribution in [0.4, 0.5) is 5.82 Å². The number of pyridine rings is 1. The van der Waals surface area contributed by atoms with Crippen LogP contribution < -0.4 is 4.90 Å². The minimum Gasteiger partial charge on any atom is -0.378 e. The predicted molar refractivity (Wildman–Crippen MR) is 73.7 cm³/mol. The lowest BCUT2D eigenvalue weighted by Crippen LogP contribution is -2.37. The largest absolute Gasteiger partial charge is 0.378 e. The van der Waals surface area contributed by atoms with Crippen LogP contribution in [0.5, 0.6) is 0 Å². The summed E-state index contributed by atoms with van der Waals surface area (Å²) in [6.45, 7) is 2.61. The number of anilines is 1. The highest BCUT2D eigenvalue weighted by atomic mass is 35.5. The minimum atomic E-state index is 0.204. The molecule has 102 valence electrons. The van der Waals surface area contributed by atoms with E-state index in [0.29, 0.717) is 43.2 Å². The fourth-order valence-corrected chi connectivity index (χ4v) is 2.79. The van der Waals surface area contributed by atoms with E-state index >= 15 is 0 Å². The quantitative estimate of drug-likeness (QED) is 0.780. The van der Waals surface area contributed by atoms with E-state index in [1.807, 2.05) is 4.90 Å². The second-order valence-corrected chi connectivity index (χ2v) is 5.35. The van der Waals surface area contributed by atoms with Gasteiger partial charge in [-0.3, -0.25) is 0 Å². The van der Waals surface area contributed by atoms with Crippen molar-refractivity contribution in [2.24, 2.45) is 0 Å². The molecule has 1 saturated heterocycles. The normalized spacial score (nSPS) is 18.4. The number of nitriles is 2. The van der Waals surface area contributed by atoms with Crippen LogP contribution in [0.1, 0.15) is 35.4 Å². The third-order valence-electron chi connectivity index (χ3n) is 3.69. The monoisotopic (exact) mass is 288 g/mol. The van der Waals surface area contributed by atoms with Crippen molar-refractivity contribution in [2.75, 3.05) is 31.2 Å². The Kier molecular flexibility index (Phi) is 3.48. The van der Waals surface area contributed by atoms with Crippen LogP contribution in [-0.2, 0) is 4.74 Å². The number of hydrogen-bond donors (Lipinski definition) is 0. The fraction of sp³-hybridized carbons (Fsp3) is 0.500. The maximum Gasteiger partial charge on any atom is 0.149 e. The van der Waals surface area contributed by atoms with Crippen molar-refractivity contribution in [3.8, 4) is 12.1 Å². The zero-order valence-electron chi connectivity index (χ0n) is 10.9. The highest BCUT2D eigenvalue weighted by Gasteiger charge is 2.33. The first kappa shape index (κ1) is 13.2. The SMILES string of the molecule is N#Cc1c(Cl)nc(N2CCOCC2)c(C#N)c1C1CC1. The van der Waals surface area contributed by atoms with Crippen molar-refractivity contribution >= 4 is 17.4 Å². The molecule has 0 bridgehead atoms. The molecule has 0 aromatic carbocycles. The van der Waals surface area contributed by atoms with Gasteiger partial charge in [-0.15, -0.1) is 0 Å². The van der Waals surface area contributed by atoms with E-state index in [9.17, 15) is 10.5 Å². The Labute approximate surface area is 122 Å². The van der Waals surface area contributed by atoms with Crippen molar-refractivity contribution < 1.29 is 4.74 Å². The lowest BCUT2D eigenvalue weighted by molar-refractivity contribution is 0.122. The lowest BCUT2D eigenvalue weighted by Gasteiger charge is -2.29. The molecule has 0 unspecified atom stereocenters. The van der Waals surface area contributed by atoms with Crippen LogP contribution in [0.15, 0.2) is 0 Å². The molecule has 1 aromatic heterocycles. The molecule has 2 fully saturated rings. The molecule has 0 radical (unpaired) electrons. The number of morpholine rings is 1. The summed E-state index contributed by atoms with van der Waals surface area (Å²) in [6, 6.07) is 4.33. The maximum absolute atomic E-state index is 9.52. The van der Waals surface area contributed by atoms with E-state index in [1.165, 1.54) is 0 Å². The second kappa shape index (κ2) is 5.28. The molecular formula is C14H13ClN4O. The van der Waals surface area contributed by atoms with Crippen LogP contribution in [0.3, 0.4) is 0 Å². The van der Waals surface area contributed by atoms with E-state index in [2.05, 4.69) is 17.1 Å². The molecule has 0 atom stereocenters. The molecule has 1 saturated carbocycles. The number of hydrogen-bond acceptors (Lipinski definition) is 5. The maximum atomic E-state index is 9.52. The third kappa shape index (κ3) is 2.20. The van der Waals surface area contributed by atoms with E-state index < -0.39 is 0 Å². The lowest BCUT2D eigenvalue weighted by atomic mass is 9.99. The van der Waals surface area contributed by atoms with Gasteiger partial charge in [-0.05, 0) is 24.3 Å². The van der Waals surface area contributed by atoms with Gasteiger partial charge < -0.3 is 9.64 Å².